The third-order valence-corrected chi connectivity index (χ3v) is 6.38. The van der Waals surface area contributed by atoms with Crippen LogP contribution in [0.25, 0.3) is 0 Å². The average molecular weight is 497 g/mol. The van der Waals surface area contributed by atoms with Crippen molar-refractivity contribution in [2.24, 2.45) is 5.92 Å². The van der Waals surface area contributed by atoms with Gasteiger partial charge in [-0.2, -0.15) is 0 Å². The molecule has 9 nitrogen and oxygen atoms in total. The summed E-state index contributed by atoms with van der Waals surface area (Å²) in [6, 6.07) is 8.19. The van der Waals surface area contributed by atoms with E-state index < -0.39 is 0 Å². The Balaban J connectivity index is 1.97. The number of carbonyl (C=O) groups is 3. The van der Waals surface area contributed by atoms with E-state index in [1.807, 2.05) is 20.8 Å². The molecule has 1 aliphatic heterocycles. The van der Waals surface area contributed by atoms with Gasteiger partial charge in [-0.3, -0.25) is 19.4 Å². The van der Waals surface area contributed by atoms with Crippen molar-refractivity contribution >= 4 is 23.4 Å². The molecule has 1 aromatic carbocycles. The van der Waals surface area contributed by atoms with E-state index in [0.29, 0.717) is 42.1 Å². The fraction of sp³-hybridized carbons (Fsp3) is 0.481. The maximum atomic E-state index is 13.4. The maximum Gasteiger partial charge on any atom is 0.257 e. The van der Waals surface area contributed by atoms with Crippen molar-refractivity contribution in [3.8, 4) is 5.75 Å². The molecule has 2 aromatic rings. The molecule has 2 heterocycles. The Kier molecular flexibility index (Phi) is 9.41. The number of aromatic nitrogens is 1. The summed E-state index contributed by atoms with van der Waals surface area (Å²) in [5.41, 5.74) is 1.42. The predicted octanol–water partition coefficient (Wildman–Crippen LogP) is 3.47. The number of ether oxygens (including phenoxy) is 2. The number of hydrogen-bond acceptors (Lipinski definition) is 6. The van der Waals surface area contributed by atoms with Gasteiger partial charge < -0.3 is 24.6 Å². The number of fused-ring (bicyclic) bond motifs is 1. The molecular formula is C27H36N4O5. The van der Waals surface area contributed by atoms with Gasteiger partial charge in [-0.1, -0.05) is 13.8 Å². The molecule has 0 saturated carbocycles. The summed E-state index contributed by atoms with van der Waals surface area (Å²) < 4.78 is 11.9. The van der Waals surface area contributed by atoms with Crippen LogP contribution in [0.2, 0.25) is 0 Å². The van der Waals surface area contributed by atoms with Gasteiger partial charge in [0.2, 0.25) is 5.91 Å². The lowest BCUT2D eigenvalue weighted by Gasteiger charge is -2.36. The van der Waals surface area contributed by atoms with E-state index in [0.717, 1.165) is 6.42 Å². The largest absolute Gasteiger partial charge is 0.491 e. The molecule has 0 radical (unpaired) electrons. The third kappa shape index (κ3) is 6.60. The summed E-state index contributed by atoms with van der Waals surface area (Å²) >= 11 is 0. The number of benzene rings is 1. The van der Waals surface area contributed by atoms with E-state index in [-0.39, 0.29) is 42.4 Å². The Hall–Kier alpha value is -3.46. The van der Waals surface area contributed by atoms with Gasteiger partial charge in [0, 0.05) is 63.7 Å². The van der Waals surface area contributed by atoms with Gasteiger partial charge in [0.15, 0.2) is 0 Å². The molecule has 0 aliphatic carbocycles. The van der Waals surface area contributed by atoms with E-state index in [9.17, 15) is 14.4 Å². The van der Waals surface area contributed by atoms with Crippen LogP contribution in [0.4, 0.5) is 5.69 Å². The molecule has 0 saturated heterocycles. The number of nitrogens with one attached hydrogen (secondary N) is 1. The summed E-state index contributed by atoms with van der Waals surface area (Å²) in [4.78, 5) is 46.3. The normalized spacial score (nSPS) is 21.0. The lowest BCUT2D eigenvalue weighted by atomic mass is 10.0. The van der Waals surface area contributed by atoms with Crippen LogP contribution in [-0.4, -0.2) is 78.5 Å². The number of hydrogen-bond donors (Lipinski definition) is 1. The first-order chi connectivity index (χ1) is 17.2. The fourth-order valence-corrected chi connectivity index (χ4v) is 4.24. The quantitative estimate of drug-likeness (QED) is 0.680. The zero-order valence-electron chi connectivity index (χ0n) is 21.7. The van der Waals surface area contributed by atoms with Crippen molar-refractivity contribution in [2.75, 3.05) is 39.2 Å². The Morgan fingerprint density at radius 2 is 2.00 bits per heavy atom. The van der Waals surface area contributed by atoms with Crippen LogP contribution in [-0.2, 0) is 9.53 Å². The molecular weight excluding hydrogens is 460 g/mol. The van der Waals surface area contributed by atoms with E-state index in [1.165, 1.54) is 0 Å². The molecule has 3 atom stereocenters. The third-order valence-electron chi connectivity index (χ3n) is 6.38. The Bertz CT molecular complexity index is 1060. The summed E-state index contributed by atoms with van der Waals surface area (Å²) in [6.45, 7) is 6.77. The first kappa shape index (κ1) is 27.1. The fourth-order valence-electron chi connectivity index (χ4n) is 4.24. The summed E-state index contributed by atoms with van der Waals surface area (Å²) in [5.74, 6) is -0.161. The molecule has 0 bridgehead atoms. The Labute approximate surface area is 212 Å². The Morgan fingerprint density at radius 1 is 1.22 bits per heavy atom. The number of anilines is 1. The minimum absolute atomic E-state index is 0.0524. The van der Waals surface area contributed by atoms with E-state index in [4.69, 9.17) is 9.47 Å². The van der Waals surface area contributed by atoms with Gasteiger partial charge >= 0.3 is 0 Å². The number of pyridine rings is 1. The number of amides is 3. The number of rotatable bonds is 5. The maximum absolute atomic E-state index is 13.4. The minimum atomic E-state index is -0.309. The highest BCUT2D eigenvalue weighted by Crippen LogP contribution is 2.27. The average Bonchev–Trinajstić information content (AvgIpc) is 2.88. The number of nitrogens with zero attached hydrogens (tertiary/aromatic N) is 3. The molecule has 1 aromatic heterocycles. The van der Waals surface area contributed by atoms with Crippen LogP contribution < -0.4 is 10.1 Å². The predicted molar refractivity (Wildman–Crippen MR) is 137 cm³/mol. The minimum Gasteiger partial charge on any atom is -0.491 e. The van der Waals surface area contributed by atoms with E-state index in [2.05, 4.69) is 10.3 Å². The molecule has 3 amide bonds. The lowest BCUT2D eigenvalue weighted by Crippen LogP contribution is -2.48. The van der Waals surface area contributed by atoms with E-state index in [1.54, 1.807) is 66.7 Å². The van der Waals surface area contributed by atoms with Crippen molar-refractivity contribution < 1.29 is 23.9 Å². The highest BCUT2D eigenvalue weighted by molar-refractivity contribution is 5.98. The van der Waals surface area contributed by atoms with Crippen molar-refractivity contribution in [1.29, 1.82) is 0 Å². The second kappa shape index (κ2) is 12.5. The second-order valence-electron chi connectivity index (χ2n) is 9.31. The molecule has 0 fully saturated rings. The van der Waals surface area contributed by atoms with Crippen LogP contribution in [0.15, 0.2) is 42.7 Å². The molecule has 0 spiro atoms. The lowest BCUT2D eigenvalue weighted by molar-refractivity contribution is -0.116. The molecule has 0 unspecified atom stereocenters. The van der Waals surface area contributed by atoms with Gasteiger partial charge in [0.25, 0.3) is 11.8 Å². The standard InChI is InChI=1S/C27H36N4O5/c1-6-8-25(32)29-21-10-11-22-23(13-21)36-17-19(3)31(26(33)20-9-7-12-28-14-20)15-18(2)24(35-5)16-30(4)27(22)34/h7,9-14,18-19,24H,6,8,15-17H2,1-5H3,(H,29,32)/t18-,19+,24-/m1/s1. The summed E-state index contributed by atoms with van der Waals surface area (Å²) in [5, 5.41) is 2.85. The number of carbonyl (C=O) groups excluding carboxylic acids is 3. The van der Waals surface area contributed by atoms with Gasteiger partial charge in [-0.15, -0.1) is 0 Å². The molecule has 1 N–H and O–H groups in total. The zero-order chi connectivity index (χ0) is 26.2. The molecule has 3 rings (SSSR count). The first-order valence-corrected chi connectivity index (χ1v) is 12.3. The molecule has 36 heavy (non-hydrogen) atoms. The number of methoxy groups -OCH3 is 1. The first-order valence-electron chi connectivity index (χ1n) is 12.3. The Morgan fingerprint density at radius 3 is 2.67 bits per heavy atom. The van der Waals surface area contributed by atoms with Crippen LogP contribution in [0.5, 0.6) is 5.75 Å². The topological polar surface area (TPSA) is 101 Å². The summed E-state index contributed by atoms with van der Waals surface area (Å²) in [6.07, 6.45) is 4.03. The van der Waals surface area contributed by atoms with Crippen molar-refractivity contribution in [3.63, 3.8) is 0 Å². The summed E-state index contributed by atoms with van der Waals surface area (Å²) in [7, 11) is 3.33. The smallest absolute Gasteiger partial charge is 0.257 e. The SMILES string of the molecule is CCCC(=O)Nc1ccc2c(c1)OC[C@H](C)N(C(=O)c1cccnc1)C[C@@H](C)[C@H](OC)CN(C)C2=O. The second-order valence-corrected chi connectivity index (χ2v) is 9.31. The van der Waals surface area contributed by atoms with Gasteiger partial charge in [0.1, 0.15) is 12.4 Å². The van der Waals surface area contributed by atoms with Gasteiger partial charge in [-0.25, -0.2) is 0 Å². The number of likely N-dealkylation sites (N-methyl/N-ethyl adjacent to an activating group) is 1. The van der Waals surface area contributed by atoms with Gasteiger partial charge in [-0.05, 0) is 37.6 Å². The van der Waals surface area contributed by atoms with E-state index >= 15 is 0 Å². The monoisotopic (exact) mass is 496 g/mol. The highest BCUT2D eigenvalue weighted by Gasteiger charge is 2.31. The highest BCUT2D eigenvalue weighted by atomic mass is 16.5. The van der Waals surface area contributed by atoms with Crippen LogP contribution in [0.3, 0.4) is 0 Å². The van der Waals surface area contributed by atoms with Crippen LogP contribution in [0.1, 0.15) is 54.3 Å². The van der Waals surface area contributed by atoms with Crippen molar-refractivity contribution in [2.45, 2.75) is 45.8 Å². The zero-order valence-corrected chi connectivity index (χ0v) is 21.7. The van der Waals surface area contributed by atoms with Crippen LogP contribution in [0, 0.1) is 5.92 Å². The van der Waals surface area contributed by atoms with Crippen LogP contribution >= 0.6 is 0 Å². The molecule has 9 heteroatoms. The van der Waals surface area contributed by atoms with Gasteiger partial charge in [0.05, 0.1) is 23.3 Å². The van der Waals surface area contributed by atoms with Crippen molar-refractivity contribution in [3.05, 3.63) is 53.9 Å². The van der Waals surface area contributed by atoms with Crippen molar-refractivity contribution in [1.82, 2.24) is 14.8 Å². The molecule has 1 aliphatic rings. The molecule has 194 valence electrons.